The van der Waals surface area contributed by atoms with Gasteiger partial charge in [-0.25, -0.2) is 0 Å². The molecular weight excluding hydrogens is 286 g/mol. The zero-order valence-electron chi connectivity index (χ0n) is 13.3. The van der Waals surface area contributed by atoms with Gasteiger partial charge in [0.25, 0.3) is 0 Å². The second-order valence-corrected chi connectivity index (χ2v) is 5.59. The van der Waals surface area contributed by atoms with Crippen LogP contribution >= 0.6 is 0 Å². The third kappa shape index (κ3) is 3.51. The van der Waals surface area contributed by atoms with E-state index in [-0.39, 0.29) is 5.97 Å². The summed E-state index contributed by atoms with van der Waals surface area (Å²) in [6, 6.07) is 22.3. The second kappa shape index (κ2) is 6.53. The van der Waals surface area contributed by atoms with Crippen LogP contribution < -0.4 is 4.74 Å². The van der Waals surface area contributed by atoms with Crippen LogP contribution in [0.5, 0.6) is 5.88 Å². The van der Waals surface area contributed by atoms with Crippen LogP contribution in [-0.4, -0.2) is 10.5 Å². The molecular formula is C20H19NO2. The van der Waals surface area contributed by atoms with Crippen molar-refractivity contribution in [1.29, 1.82) is 0 Å². The fourth-order valence-electron chi connectivity index (χ4n) is 2.59. The van der Waals surface area contributed by atoms with E-state index in [1.54, 1.807) is 0 Å². The minimum Gasteiger partial charge on any atom is -0.409 e. The molecule has 0 aliphatic rings. The molecule has 0 atom stereocenters. The predicted octanol–water partition coefficient (Wildman–Crippen LogP) is 4.44. The molecule has 0 saturated heterocycles. The van der Waals surface area contributed by atoms with E-state index in [4.69, 9.17) is 4.74 Å². The van der Waals surface area contributed by atoms with Crippen molar-refractivity contribution < 1.29 is 9.53 Å². The number of rotatable bonds is 4. The van der Waals surface area contributed by atoms with Crippen LogP contribution in [-0.2, 0) is 11.3 Å². The summed E-state index contributed by atoms with van der Waals surface area (Å²) in [5.41, 5.74) is 4.51. The van der Waals surface area contributed by atoms with Gasteiger partial charge in [-0.2, -0.15) is 0 Å². The van der Waals surface area contributed by atoms with Crippen molar-refractivity contribution in [3.05, 3.63) is 77.9 Å². The summed E-state index contributed by atoms with van der Waals surface area (Å²) in [4.78, 5) is 11.4. The number of nitrogens with zero attached hydrogens (tertiary/aromatic N) is 1. The number of benzene rings is 2. The number of hydrogen-bond acceptors (Lipinski definition) is 2. The van der Waals surface area contributed by atoms with Gasteiger partial charge in [0.05, 0.1) is 12.2 Å². The second-order valence-electron chi connectivity index (χ2n) is 5.59. The lowest BCUT2D eigenvalue weighted by Gasteiger charge is -2.13. The summed E-state index contributed by atoms with van der Waals surface area (Å²) in [5.74, 6) is 0.254. The maximum atomic E-state index is 11.4. The van der Waals surface area contributed by atoms with Crippen molar-refractivity contribution >= 4 is 5.97 Å². The van der Waals surface area contributed by atoms with Gasteiger partial charge in [0.15, 0.2) is 0 Å². The van der Waals surface area contributed by atoms with E-state index in [2.05, 4.69) is 43.3 Å². The number of ether oxygens (including phenoxy) is 1. The number of carbonyl (C=O) groups is 1. The Labute approximate surface area is 136 Å². The average Bonchev–Trinajstić information content (AvgIpc) is 2.91. The van der Waals surface area contributed by atoms with Crippen molar-refractivity contribution in [1.82, 2.24) is 4.57 Å². The molecule has 3 heteroatoms. The first-order valence-corrected chi connectivity index (χ1v) is 7.62. The third-order valence-electron chi connectivity index (χ3n) is 3.72. The molecule has 0 radical (unpaired) electrons. The highest BCUT2D eigenvalue weighted by Gasteiger charge is 2.13. The number of hydrogen-bond donors (Lipinski definition) is 0. The fourth-order valence-corrected chi connectivity index (χ4v) is 2.59. The smallest absolute Gasteiger partial charge is 0.309 e. The molecule has 0 amide bonds. The van der Waals surface area contributed by atoms with Gasteiger partial charge < -0.3 is 9.30 Å². The summed E-state index contributed by atoms with van der Waals surface area (Å²) >= 11 is 0. The Morgan fingerprint density at radius 1 is 0.957 bits per heavy atom. The Balaban J connectivity index is 2.03. The lowest BCUT2D eigenvalue weighted by Crippen LogP contribution is -2.09. The van der Waals surface area contributed by atoms with Crippen LogP contribution in [0.2, 0.25) is 0 Å². The molecule has 0 fully saturated rings. The molecule has 3 rings (SSSR count). The Kier molecular flexibility index (Phi) is 4.29. The highest BCUT2D eigenvalue weighted by atomic mass is 16.5. The van der Waals surface area contributed by atoms with Crippen molar-refractivity contribution in [2.24, 2.45) is 0 Å². The summed E-state index contributed by atoms with van der Waals surface area (Å²) in [7, 11) is 0. The van der Waals surface area contributed by atoms with E-state index >= 15 is 0 Å². The molecule has 23 heavy (non-hydrogen) atoms. The van der Waals surface area contributed by atoms with Gasteiger partial charge in [-0.1, -0.05) is 60.2 Å². The molecule has 2 aromatic carbocycles. The lowest BCUT2D eigenvalue weighted by molar-refractivity contribution is -0.132. The maximum absolute atomic E-state index is 11.4. The van der Waals surface area contributed by atoms with E-state index in [0.29, 0.717) is 12.4 Å². The van der Waals surface area contributed by atoms with Gasteiger partial charge >= 0.3 is 5.97 Å². The van der Waals surface area contributed by atoms with E-state index in [0.717, 1.165) is 16.8 Å². The third-order valence-corrected chi connectivity index (χ3v) is 3.72. The molecule has 3 aromatic rings. The maximum Gasteiger partial charge on any atom is 0.309 e. The largest absolute Gasteiger partial charge is 0.409 e. The average molecular weight is 305 g/mol. The first-order chi connectivity index (χ1) is 11.1. The first-order valence-electron chi connectivity index (χ1n) is 7.62. The van der Waals surface area contributed by atoms with Crippen LogP contribution in [0.1, 0.15) is 18.1 Å². The molecule has 0 unspecified atom stereocenters. The SMILES string of the molecule is CC(=O)Oc1ccc(-c2ccc(C)cc2)n1Cc1ccccc1. The number of carbonyl (C=O) groups excluding carboxylic acids is 1. The highest BCUT2D eigenvalue weighted by Crippen LogP contribution is 2.28. The van der Waals surface area contributed by atoms with E-state index in [9.17, 15) is 4.79 Å². The van der Waals surface area contributed by atoms with Gasteiger partial charge in [-0.15, -0.1) is 0 Å². The van der Waals surface area contributed by atoms with Crippen LogP contribution in [0.4, 0.5) is 0 Å². The standard InChI is InChI=1S/C20H19NO2/c1-15-8-10-18(11-9-15)19-12-13-20(23-16(2)22)21(19)14-17-6-4-3-5-7-17/h3-13H,14H2,1-2H3. The number of aryl methyl sites for hydroxylation is 1. The van der Waals surface area contributed by atoms with Gasteiger partial charge in [0.1, 0.15) is 0 Å². The molecule has 0 N–H and O–H groups in total. The molecule has 0 bridgehead atoms. The van der Waals surface area contributed by atoms with Crippen LogP contribution in [0.15, 0.2) is 66.7 Å². The highest BCUT2D eigenvalue weighted by molar-refractivity contribution is 5.70. The molecule has 1 heterocycles. The Morgan fingerprint density at radius 3 is 2.30 bits per heavy atom. The molecule has 116 valence electrons. The molecule has 0 aliphatic heterocycles. The molecule has 0 saturated carbocycles. The summed E-state index contributed by atoms with van der Waals surface area (Å²) in [6.45, 7) is 4.14. The summed E-state index contributed by atoms with van der Waals surface area (Å²) in [6.07, 6.45) is 0. The van der Waals surface area contributed by atoms with Crippen molar-refractivity contribution in [3.63, 3.8) is 0 Å². The van der Waals surface area contributed by atoms with Gasteiger partial charge in [0.2, 0.25) is 5.88 Å². The minimum atomic E-state index is -0.312. The fraction of sp³-hybridized carbons (Fsp3) is 0.150. The number of esters is 1. The molecule has 0 aliphatic carbocycles. The summed E-state index contributed by atoms with van der Waals surface area (Å²) < 4.78 is 7.40. The van der Waals surface area contributed by atoms with E-state index in [1.807, 2.05) is 34.9 Å². The van der Waals surface area contributed by atoms with Gasteiger partial charge in [-0.05, 0) is 24.1 Å². The lowest BCUT2D eigenvalue weighted by atomic mass is 10.1. The summed E-state index contributed by atoms with van der Waals surface area (Å²) in [5, 5.41) is 0. The van der Waals surface area contributed by atoms with E-state index < -0.39 is 0 Å². The van der Waals surface area contributed by atoms with E-state index in [1.165, 1.54) is 12.5 Å². The molecule has 3 nitrogen and oxygen atoms in total. The van der Waals surface area contributed by atoms with Crippen molar-refractivity contribution in [2.75, 3.05) is 0 Å². The van der Waals surface area contributed by atoms with Crippen molar-refractivity contribution in [3.8, 4) is 17.1 Å². The Hall–Kier alpha value is -2.81. The Morgan fingerprint density at radius 2 is 1.65 bits per heavy atom. The monoisotopic (exact) mass is 305 g/mol. The molecule has 0 spiro atoms. The zero-order valence-corrected chi connectivity index (χ0v) is 13.3. The van der Waals surface area contributed by atoms with Crippen LogP contribution in [0, 0.1) is 6.92 Å². The quantitative estimate of drug-likeness (QED) is 0.667. The van der Waals surface area contributed by atoms with Gasteiger partial charge in [-0.3, -0.25) is 4.79 Å². The van der Waals surface area contributed by atoms with Crippen LogP contribution in [0.25, 0.3) is 11.3 Å². The Bertz CT molecular complexity index is 801. The normalized spacial score (nSPS) is 10.5. The zero-order chi connectivity index (χ0) is 16.2. The predicted molar refractivity (Wildman–Crippen MR) is 91.5 cm³/mol. The van der Waals surface area contributed by atoms with Gasteiger partial charge in [0, 0.05) is 13.0 Å². The van der Waals surface area contributed by atoms with Crippen LogP contribution in [0.3, 0.4) is 0 Å². The van der Waals surface area contributed by atoms with Crippen molar-refractivity contribution in [2.45, 2.75) is 20.4 Å². The first kappa shape index (κ1) is 15.1. The topological polar surface area (TPSA) is 31.2 Å². The molecule has 1 aromatic heterocycles. The minimum absolute atomic E-state index is 0.312. The number of aromatic nitrogens is 1.